The van der Waals surface area contributed by atoms with Gasteiger partial charge in [-0.3, -0.25) is 14.5 Å². The van der Waals surface area contributed by atoms with E-state index in [1.54, 1.807) is 14.7 Å². The molecule has 52 heavy (non-hydrogen) atoms. The minimum Gasteiger partial charge on any atom is -0.343 e. The Morgan fingerprint density at radius 1 is 0.769 bits per heavy atom. The lowest BCUT2D eigenvalue weighted by Gasteiger charge is -2.42. The Labute approximate surface area is 299 Å². The molecule has 1 atom stereocenters. The van der Waals surface area contributed by atoms with E-state index in [1.807, 2.05) is 24.3 Å². The number of urea groups is 1. The number of hydrogen-bond donors (Lipinski definition) is 1. The van der Waals surface area contributed by atoms with Gasteiger partial charge in [0, 0.05) is 83.1 Å². The van der Waals surface area contributed by atoms with Crippen molar-refractivity contribution < 1.29 is 40.7 Å². The van der Waals surface area contributed by atoms with Gasteiger partial charge in [0.15, 0.2) is 0 Å². The first-order valence-corrected chi connectivity index (χ1v) is 18.1. The first kappa shape index (κ1) is 37.9. The molecular weight excluding hydrogens is 690 g/mol. The number of alkyl halides is 6. The van der Waals surface area contributed by atoms with Crippen LogP contribution in [0.4, 0.5) is 36.8 Å². The number of piperazine rings is 1. The van der Waals surface area contributed by atoms with Gasteiger partial charge in [0.2, 0.25) is 11.8 Å². The molecular formula is C37H46F6N6O3. The highest BCUT2D eigenvalue weighted by molar-refractivity contribution is 5.91. The molecule has 0 aromatic heterocycles. The van der Waals surface area contributed by atoms with Gasteiger partial charge in [-0.05, 0) is 74.9 Å². The number of likely N-dealkylation sites (tertiary alicyclic amines) is 2. The highest BCUT2D eigenvalue weighted by Crippen LogP contribution is 2.41. The number of nitrogens with one attached hydrogen (secondary N) is 1. The Bertz CT molecular complexity index is 1590. The molecule has 4 amide bonds. The summed E-state index contributed by atoms with van der Waals surface area (Å²) in [7, 11) is 2.07. The van der Waals surface area contributed by atoms with E-state index >= 15 is 0 Å². The number of carbonyl (C=O) groups is 3. The number of benzene rings is 2. The number of fused-ring (bicyclic) bond motifs is 1. The van der Waals surface area contributed by atoms with Crippen molar-refractivity contribution >= 4 is 23.5 Å². The number of amides is 4. The SMILES string of the molecule is CN1CCN(C2CCN(C(=O)[C@H](CC(=O)N3CCC(N4CCc5ccccc5NC4=O)CC3)Cc3ccc(C(F)(F)F)c(C(F)(F)F)c3)CC2)CC1. The summed E-state index contributed by atoms with van der Waals surface area (Å²) in [5.41, 5.74) is -1.88. The monoisotopic (exact) mass is 736 g/mol. The molecule has 9 nitrogen and oxygen atoms in total. The summed E-state index contributed by atoms with van der Waals surface area (Å²) in [6, 6.07) is 9.45. The lowest BCUT2D eigenvalue weighted by atomic mass is 9.90. The molecule has 0 bridgehead atoms. The van der Waals surface area contributed by atoms with Crippen LogP contribution in [0.1, 0.15) is 54.4 Å². The Morgan fingerprint density at radius 2 is 1.38 bits per heavy atom. The van der Waals surface area contributed by atoms with Crippen molar-refractivity contribution in [2.45, 2.75) is 69.4 Å². The molecule has 6 rings (SSSR count). The van der Waals surface area contributed by atoms with E-state index in [1.165, 1.54) is 0 Å². The van der Waals surface area contributed by atoms with Gasteiger partial charge in [-0.25, -0.2) is 4.79 Å². The number of para-hydroxylation sites is 1. The van der Waals surface area contributed by atoms with Crippen molar-refractivity contribution in [1.29, 1.82) is 0 Å². The smallest absolute Gasteiger partial charge is 0.343 e. The first-order chi connectivity index (χ1) is 24.7. The van der Waals surface area contributed by atoms with Gasteiger partial charge in [-0.1, -0.05) is 24.3 Å². The van der Waals surface area contributed by atoms with Crippen molar-refractivity contribution in [3.63, 3.8) is 0 Å². The van der Waals surface area contributed by atoms with Crippen molar-refractivity contribution in [3.05, 3.63) is 64.7 Å². The summed E-state index contributed by atoms with van der Waals surface area (Å²) < 4.78 is 82.0. The summed E-state index contributed by atoms with van der Waals surface area (Å²) >= 11 is 0. The Hall–Kier alpha value is -3.85. The summed E-state index contributed by atoms with van der Waals surface area (Å²) in [5, 5.41) is 2.97. The summed E-state index contributed by atoms with van der Waals surface area (Å²) in [6.45, 7) is 5.79. The predicted molar refractivity (Wildman–Crippen MR) is 182 cm³/mol. The second-order valence-electron chi connectivity index (χ2n) is 14.5. The van der Waals surface area contributed by atoms with Crippen molar-refractivity contribution in [2.75, 3.05) is 71.3 Å². The Balaban J connectivity index is 1.14. The standard InChI is InChI=1S/C37H46F6N6O3/c1-45-18-20-46(21-19-45)28-9-15-48(16-10-28)34(51)27(22-25-6-7-30(36(38,39)40)31(23-25)37(41,42)43)24-33(50)47-13-11-29(12-14-47)49-17-8-26-4-2-3-5-32(26)44-35(49)52/h2-7,23,27-29H,8-22,24H2,1H3,(H,44,52)/t27-/m0/s1. The van der Waals surface area contributed by atoms with Crippen LogP contribution in [0.15, 0.2) is 42.5 Å². The van der Waals surface area contributed by atoms with Crippen LogP contribution in [0.25, 0.3) is 0 Å². The quantitative estimate of drug-likeness (QED) is 0.376. The number of hydrogen-bond acceptors (Lipinski definition) is 5. The molecule has 0 saturated carbocycles. The van der Waals surface area contributed by atoms with Crippen molar-refractivity contribution in [3.8, 4) is 0 Å². The number of carbonyl (C=O) groups excluding carboxylic acids is 3. The molecule has 0 spiro atoms. The minimum atomic E-state index is -5.27. The Kier molecular flexibility index (Phi) is 11.4. The zero-order valence-corrected chi connectivity index (χ0v) is 29.3. The predicted octanol–water partition coefficient (Wildman–Crippen LogP) is 5.59. The molecule has 4 aliphatic heterocycles. The van der Waals surface area contributed by atoms with Crippen molar-refractivity contribution in [2.24, 2.45) is 5.92 Å². The molecule has 4 aliphatic rings. The molecule has 0 aliphatic carbocycles. The van der Waals surface area contributed by atoms with Gasteiger partial charge in [0.05, 0.1) is 17.0 Å². The van der Waals surface area contributed by atoms with E-state index in [9.17, 15) is 40.7 Å². The highest BCUT2D eigenvalue weighted by Gasteiger charge is 2.43. The van der Waals surface area contributed by atoms with Crippen LogP contribution in [0.3, 0.4) is 0 Å². The van der Waals surface area contributed by atoms with Crippen molar-refractivity contribution in [1.82, 2.24) is 24.5 Å². The summed E-state index contributed by atoms with van der Waals surface area (Å²) in [6.07, 6.45) is -7.92. The Morgan fingerprint density at radius 3 is 2.04 bits per heavy atom. The number of halogens is 6. The number of likely N-dealkylation sites (N-methyl/N-ethyl adjacent to an activating group) is 1. The van der Waals surface area contributed by atoms with E-state index in [0.717, 1.165) is 56.3 Å². The van der Waals surface area contributed by atoms with Gasteiger partial charge in [-0.15, -0.1) is 0 Å². The fourth-order valence-corrected chi connectivity index (χ4v) is 8.13. The fraction of sp³-hybridized carbons (Fsp3) is 0.595. The number of nitrogens with zero attached hydrogens (tertiary/aromatic N) is 5. The number of piperidine rings is 2. The van der Waals surface area contributed by atoms with Crippen LogP contribution in [-0.4, -0.2) is 120 Å². The van der Waals surface area contributed by atoms with E-state index in [4.69, 9.17) is 0 Å². The molecule has 3 fully saturated rings. The fourth-order valence-electron chi connectivity index (χ4n) is 8.13. The summed E-state index contributed by atoms with van der Waals surface area (Å²) in [4.78, 5) is 50.6. The molecule has 15 heteroatoms. The minimum absolute atomic E-state index is 0.0920. The number of rotatable bonds is 7. The van der Waals surface area contributed by atoms with Gasteiger partial charge in [-0.2, -0.15) is 26.3 Å². The third-order valence-corrected chi connectivity index (χ3v) is 11.2. The van der Waals surface area contributed by atoms with Crippen LogP contribution in [-0.2, 0) is 34.8 Å². The van der Waals surface area contributed by atoms with E-state index in [2.05, 4.69) is 22.2 Å². The van der Waals surface area contributed by atoms with Gasteiger partial charge in [0.25, 0.3) is 0 Å². The normalized spacial score (nSPS) is 21.1. The lowest BCUT2D eigenvalue weighted by molar-refractivity contribution is -0.162. The molecule has 0 radical (unpaired) electrons. The van der Waals surface area contributed by atoms with Gasteiger partial charge < -0.3 is 24.9 Å². The maximum Gasteiger partial charge on any atom is 0.417 e. The van der Waals surface area contributed by atoms with E-state index in [-0.39, 0.29) is 42.3 Å². The summed E-state index contributed by atoms with van der Waals surface area (Å²) in [5.74, 6) is -1.78. The van der Waals surface area contributed by atoms with E-state index < -0.39 is 29.4 Å². The highest BCUT2D eigenvalue weighted by atomic mass is 19.4. The average molecular weight is 737 g/mol. The zero-order chi connectivity index (χ0) is 37.2. The molecule has 3 saturated heterocycles. The molecule has 2 aromatic rings. The average Bonchev–Trinajstić information content (AvgIpc) is 3.28. The van der Waals surface area contributed by atoms with Crippen LogP contribution in [0.5, 0.6) is 0 Å². The first-order valence-electron chi connectivity index (χ1n) is 18.1. The second kappa shape index (κ2) is 15.6. The molecule has 2 aromatic carbocycles. The third kappa shape index (κ3) is 8.84. The van der Waals surface area contributed by atoms with Crippen LogP contribution in [0.2, 0.25) is 0 Å². The molecule has 284 valence electrons. The molecule has 0 unspecified atom stereocenters. The lowest BCUT2D eigenvalue weighted by Crippen LogP contribution is -2.53. The largest absolute Gasteiger partial charge is 0.417 e. The van der Waals surface area contributed by atoms with Crippen LogP contribution < -0.4 is 5.32 Å². The molecule has 4 heterocycles. The van der Waals surface area contributed by atoms with Crippen LogP contribution >= 0.6 is 0 Å². The third-order valence-electron chi connectivity index (χ3n) is 11.2. The maximum atomic E-state index is 14.1. The van der Waals surface area contributed by atoms with Gasteiger partial charge in [0.1, 0.15) is 0 Å². The zero-order valence-electron chi connectivity index (χ0n) is 29.3. The van der Waals surface area contributed by atoms with Gasteiger partial charge >= 0.3 is 18.4 Å². The number of anilines is 1. The van der Waals surface area contributed by atoms with Crippen LogP contribution in [0, 0.1) is 5.92 Å². The van der Waals surface area contributed by atoms with E-state index in [0.29, 0.717) is 70.2 Å². The second-order valence-corrected chi connectivity index (χ2v) is 14.5. The molecule has 1 N–H and O–H groups in total. The maximum absolute atomic E-state index is 14.1. The topological polar surface area (TPSA) is 79.4 Å².